The van der Waals surface area contributed by atoms with E-state index < -0.39 is 0 Å². The maximum Gasteiger partial charge on any atom is 0.306 e. The molecule has 1 fully saturated rings. The van der Waals surface area contributed by atoms with Gasteiger partial charge in [-0.2, -0.15) is 0 Å². The molecule has 0 radical (unpaired) electrons. The number of hydrogen-bond donors (Lipinski definition) is 0. The molecular weight excluding hydrogens is 312 g/mol. The lowest BCUT2D eigenvalue weighted by Gasteiger charge is -2.20. The Hall–Kier alpha value is -1.64. The smallest absolute Gasteiger partial charge is 0.306 e. The Morgan fingerprint density at radius 1 is 0.920 bits per heavy atom. The Bertz CT molecular complexity index is 503. The predicted octanol–water partition coefficient (Wildman–Crippen LogP) is 5.26. The van der Waals surface area contributed by atoms with Crippen LogP contribution in [-0.2, 0) is 20.7 Å². The number of carbonyl (C=O) groups is 2. The number of aryl methyl sites for hydroxylation is 1. The van der Waals surface area contributed by atoms with Crippen molar-refractivity contribution in [1.29, 1.82) is 0 Å². The minimum absolute atomic E-state index is 0.0358. The van der Waals surface area contributed by atoms with Crippen molar-refractivity contribution in [1.82, 2.24) is 0 Å². The van der Waals surface area contributed by atoms with Crippen LogP contribution in [0.2, 0.25) is 0 Å². The van der Waals surface area contributed by atoms with Gasteiger partial charge in [-0.25, -0.2) is 0 Å². The Labute approximate surface area is 152 Å². The van der Waals surface area contributed by atoms with Crippen LogP contribution < -0.4 is 0 Å². The van der Waals surface area contributed by atoms with E-state index in [-0.39, 0.29) is 18.4 Å². The van der Waals surface area contributed by atoms with Crippen LogP contribution in [0.1, 0.15) is 76.2 Å². The fourth-order valence-corrected chi connectivity index (χ4v) is 3.61. The number of carbonyl (C=O) groups excluding carboxylic acids is 2. The second-order valence-electron chi connectivity index (χ2n) is 7.29. The summed E-state index contributed by atoms with van der Waals surface area (Å²) in [5, 5.41) is 0. The van der Waals surface area contributed by atoms with Crippen molar-refractivity contribution < 1.29 is 14.3 Å². The molecule has 2 rings (SSSR count). The number of ether oxygens (including phenoxy) is 1. The molecule has 138 valence electrons. The van der Waals surface area contributed by atoms with Crippen LogP contribution in [0.3, 0.4) is 0 Å². The predicted molar refractivity (Wildman–Crippen MR) is 100 cm³/mol. The highest BCUT2D eigenvalue weighted by Crippen LogP contribution is 2.27. The summed E-state index contributed by atoms with van der Waals surface area (Å²) in [7, 11) is 0. The average molecular weight is 344 g/mol. The Balaban J connectivity index is 1.45. The molecule has 0 atom stereocenters. The van der Waals surface area contributed by atoms with Gasteiger partial charge in [0.25, 0.3) is 0 Å². The van der Waals surface area contributed by atoms with Crippen molar-refractivity contribution in [2.75, 3.05) is 6.61 Å². The van der Waals surface area contributed by atoms with Crippen molar-refractivity contribution in [2.45, 2.75) is 77.0 Å². The van der Waals surface area contributed by atoms with E-state index in [4.69, 9.17) is 4.74 Å². The third-order valence-electron chi connectivity index (χ3n) is 5.13. The molecule has 3 heteroatoms. The van der Waals surface area contributed by atoms with Gasteiger partial charge in [0.1, 0.15) is 6.61 Å². The molecule has 1 aliphatic carbocycles. The fraction of sp³-hybridized carbons (Fsp3) is 0.636. The first-order valence-electron chi connectivity index (χ1n) is 9.95. The van der Waals surface area contributed by atoms with E-state index >= 15 is 0 Å². The molecule has 0 aromatic heterocycles. The quantitative estimate of drug-likeness (QED) is 0.406. The summed E-state index contributed by atoms with van der Waals surface area (Å²) < 4.78 is 5.12. The molecular formula is C22H32O3. The van der Waals surface area contributed by atoms with E-state index in [1.54, 1.807) is 0 Å². The zero-order chi connectivity index (χ0) is 17.7. The number of rotatable bonds is 11. The summed E-state index contributed by atoms with van der Waals surface area (Å²) in [5.41, 5.74) is 1.30. The first-order chi connectivity index (χ1) is 12.2. The van der Waals surface area contributed by atoms with E-state index in [0.717, 1.165) is 38.0 Å². The molecule has 0 amide bonds. The van der Waals surface area contributed by atoms with Gasteiger partial charge < -0.3 is 4.74 Å². The highest BCUT2D eigenvalue weighted by Gasteiger charge is 2.14. The Morgan fingerprint density at radius 3 is 2.44 bits per heavy atom. The lowest BCUT2D eigenvalue weighted by atomic mass is 9.86. The summed E-state index contributed by atoms with van der Waals surface area (Å²) in [4.78, 5) is 23.5. The second kappa shape index (κ2) is 11.8. The second-order valence-corrected chi connectivity index (χ2v) is 7.29. The van der Waals surface area contributed by atoms with Gasteiger partial charge >= 0.3 is 5.97 Å². The van der Waals surface area contributed by atoms with Crippen LogP contribution >= 0.6 is 0 Å². The lowest BCUT2D eigenvalue weighted by molar-refractivity contribution is -0.148. The summed E-state index contributed by atoms with van der Waals surface area (Å²) in [5.74, 6) is 0.620. The molecule has 1 aliphatic rings. The standard InChI is InChI=1S/C22H32O3/c23-21(16-8-7-14-19-10-3-1-4-11-19)18-25-22(24)17-9-15-20-12-5-2-6-13-20/h1,3-4,10-11,20H,2,5-9,12-18H2. The zero-order valence-electron chi connectivity index (χ0n) is 15.4. The van der Waals surface area contributed by atoms with Gasteiger partial charge in [0, 0.05) is 12.8 Å². The number of hydrogen-bond acceptors (Lipinski definition) is 3. The molecule has 0 saturated heterocycles. The molecule has 1 aromatic carbocycles. The number of ketones is 1. The fourth-order valence-electron chi connectivity index (χ4n) is 3.61. The van der Waals surface area contributed by atoms with E-state index in [1.165, 1.54) is 37.7 Å². The van der Waals surface area contributed by atoms with Gasteiger partial charge in [-0.05, 0) is 43.6 Å². The Morgan fingerprint density at radius 2 is 1.68 bits per heavy atom. The van der Waals surface area contributed by atoms with Gasteiger partial charge in [-0.3, -0.25) is 9.59 Å². The number of benzene rings is 1. The van der Waals surface area contributed by atoms with E-state index in [1.807, 2.05) is 18.2 Å². The summed E-state index contributed by atoms with van der Waals surface area (Å²) in [6.07, 6.45) is 12.5. The van der Waals surface area contributed by atoms with Gasteiger partial charge in [0.15, 0.2) is 5.78 Å². The highest BCUT2D eigenvalue weighted by atomic mass is 16.5. The van der Waals surface area contributed by atoms with Crippen LogP contribution in [-0.4, -0.2) is 18.4 Å². The van der Waals surface area contributed by atoms with Gasteiger partial charge in [-0.1, -0.05) is 62.4 Å². The summed E-state index contributed by atoms with van der Waals surface area (Å²) in [6, 6.07) is 10.3. The van der Waals surface area contributed by atoms with Crippen LogP contribution in [0.5, 0.6) is 0 Å². The molecule has 1 saturated carbocycles. The normalized spacial score (nSPS) is 15.0. The number of Topliss-reactive ketones (excluding diaryl/α,β-unsaturated/α-hetero) is 1. The van der Waals surface area contributed by atoms with E-state index in [0.29, 0.717) is 12.8 Å². The van der Waals surface area contributed by atoms with E-state index in [9.17, 15) is 9.59 Å². The zero-order valence-corrected chi connectivity index (χ0v) is 15.4. The van der Waals surface area contributed by atoms with Crippen molar-refractivity contribution >= 4 is 11.8 Å². The van der Waals surface area contributed by atoms with Crippen LogP contribution in [0.25, 0.3) is 0 Å². The first kappa shape index (κ1) is 19.7. The third kappa shape index (κ3) is 8.85. The summed E-state index contributed by atoms with van der Waals surface area (Å²) in [6.45, 7) is -0.0480. The molecule has 1 aromatic rings. The maximum atomic E-state index is 11.8. The molecule has 3 nitrogen and oxygen atoms in total. The SMILES string of the molecule is O=C(CCCCc1ccccc1)COC(=O)CCCC1CCCCC1. The number of unbranched alkanes of at least 4 members (excludes halogenated alkanes) is 1. The molecule has 0 unspecified atom stereocenters. The topological polar surface area (TPSA) is 43.4 Å². The van der Waals surface area contributed by atoms with Crippen molar-refractivity contribution in [3.8, 4) is 0 Å². The van der Waals surface area contributed by atoms with Gasteiger partial charge in [-0.15, -0.1) is 0 Å². The molecule has 25 heavy (non-hydrogen) atoms. The summed E-state index contributed by atoms with van der Waals surface area (Å²) >= 11 is 0. The monoisotopic (exact) mass is 344 g/mol. The Kier molecular flexibility index (Phi) is 9.32. The van der Waals surface area contributed by atoms with Crippen LogP contribution in [0, 0.1) is 5.92 Å². The largest absolute Gasteiger partial charge is 0.458 e. The van der Waals surface area contributed by atoms with Gasteiger partial charge in [0.2, 0.25) is 0 Å². The van der Waals surface area contributed by atoms with E-state index in [2.05, 4.69) is 12.1 Å². The number of esters is 1. The average Bonchev–Trinajstić information content (AvgIpc) is 2.65. The molecule has 0 bridgehead atoms. The maximum absolute atomic E-state index is 11.8. The van der Waals surface area contributed by atoms with Gasteiger partial charge in [0.05, 0.1) is 0 Å². The molecule has 0 heterocycles. The third-order valence-corrected chi connectivity index (χ3v) is 5.13. The highest BCUT2D eigenvalue weighted by molar-refractivity contribution is 5.82. The molecule has 0 aliphatic heterocycles. The minimum atomic E-state index is -0.214. The van der Waals surface area contributed by atoms with Crippen molar-refractivity contribution in [3.63, 3.8) is 0 Å². The molecule has 0 spiro atoms. The molecule has 0 N–H and O–H groups in total. The van der Waals surface area contributed by atoms with Crippen molar-refractivity contribution in [3.05, 3.63) is 35.9 Å². The van der Waals surface area contributed by atoms with Crippen LogP contribution in [0.4, 0.5) is 0 Å². The first-order valence-corrected chi connectivity index (χ1v) is 9.95. The van der Waals surface area contributed by atoms with Crippen LogP contribution in [0.15, 0.2) is 30.3 Å². The lowest BCUT2D eigenvalue weighted by Crippen LogP contribution is -2.14. The van der Waals surface area contributed by atoms with Crippen molar-refractivity contribution in [2.24, 2.45) is 5.92 Å². The minimum Gasteiger partial charge on any atom is -0.458 e.